The van der Waals surface area contributed by atoms with Gasteiger partial charge in [-0.1, -0.05) is 0 Å². The van der Waals surface area contributed by atoms with Gasteiger partial charge in [-0.3, -0.25) is 0 Å². The first-order chi connectivity index (χ1) is 10.2. The van der Waals surface area contributed by atoms with Gasteiger partial charge in [-0.25, -0.2) is 9.47 Å². The molecule has 0 fully saturated rings. The minimum absolute atomic E-state index is 0.255. The zero-order chi connectivity index (χ0) is 14.7. The molecule has 0 saturated carbocycles. The molecule has 21 heavy (non-hydrogen) atoms. The van der Waals surface area contributed by atoms with Gasteiger partial charge in [0.05, 0.1) is 17.5 Å². The normalized spacial score (nSPS) is 11.0. The molecular weight excluding hydrogens is 270 g/mol. The highest BCUT2D eigenvalue weighted by atomic mass is 16.4. The number of aromatic nitrogens is 4. The van der Waals surface area contributed by atoms with Crippen molar-refractivity contribution >= 4 is 12.2 Å². The minimum atomic E-state index is -0.941. The van der Waals surface area contributed by atoms with Crippen molar-refractivity contribution in [2.45, 2.75) is 0 Å². The Hall–Kier alpha value is -3.22. The van der Waals surface area contributed by atoms with Crippen LogP contribution in [0.4, 0.5) is 0 Å². The Morgan fingerprint density at radius 3 is 2.52 bits per heavy atom. The summed E-state index contributed by atoms with van der Waals surface area (Å²) in [6.45, 7) is 0. The van der Waals surface area contributed by atoms with E-state index in [1.165, 1.54) is 17.3 Å². The lowest BCUT2D eigenvalue weighted by molar-refractivity contribution is 0.0697. The molecular formula is C14H11N5O2. The highest BCUT2D eigenvalue weighted by Crippen LogP contribution is 2.13. The Morgan fingerprint density at radius 1 is 1.14 bits per heavy atom. The molecule has 2 aromatic heterocycles. The SMILES string of the molecule is O=C(O)c1ccc(-n2cccc2/C=N/n2cnnc2)cc1. The van der Waals surface area contributed by atoms with Crippen LogP contribution in [0.15, 0.2) is 60.4 Å². The zero-order valence-electron chi connectivity index (χ0n) is 10.9. The van der Waals surface area contributed by atoms with Gasteiger partial charge < -0.3 is 9.67 Å². The highest BCUT2D eigenvalue weighted by Gasteiger charge is 2.04. The van der Waals surface area contributed by atoms with E-state index >= 15 is 0 Å². The maximum Gasteiger partial charge on any atom is 0.335 e. The maximum absolute atomic E-state index is 10.9. The van der Waals surface area contributed by atoms with Crippen molar-refractivity contribution in [3.05, 3.63) is 66.5 Å². The van der Waals surface area contributed by atoms with Crippen molar-refractivity contribution < 1.29 is 9.90 Å². The van der Waals surface area contributed by atoms with Gasteiger partial charge in [-0.2, -0.15) is 5.10 Å². The first-order valence-electron chi connectivity index (χ1n) is 6.14. The van der Waals surface area contributed by atoms with Crippen LogP contribution in [0, 0.1) is 0 Å². The van der Waals surface area contributed by atoms with E-state index in [1.54, 1.807) is 30.5 Å². The molecule has 0 aliphatic carbocycles. The Labute approximate surface area is 119 Å². The van der Waals surface area contributed by atoms with E-state index in [9.17, 15) is 4.79 Å². The van der Waals surface area contributed by atoms with Crippen molar-refractivity contribution in [2.24, 2.45) is 5.10 Å². The van der Waals surface area contributed by atoms with Crippen LogP contribution in [0.1, 0.15) is 16.1 Å². The van der Waals surface area contributed by atoms with E-state index in [4.69, 9.17) is 5.11 Å². The van der Waals surface area contributed by atoms with Crippen LogP contribution in [0.5, 0.6) is 0 Å². The lowest BCUT2D eigenvalue weighted by Gasteiger charge is -2.06. The van der Waals surface area contributed by atoms with Crippen LogP contribution in [-0.4, -0.2) is 36.7 Å². The summed E-state index contributed by atoms with van der Waals surface area (Å²) in [5.41, 5.74) is 1.97. The molecule has 0 unspecified atom stereocenters. The molecule has 0 bridgehead atoms. The third kappa shape index (κ3) is 2.71. The van der Waals surface area contributed by atoms with Crippen LogP contribution in [0.2, 0.25) is 0 Å². The summed E-state index contributed by atoms with van der Waals surface area (Å²) in [7, 11) is 0. The van der Waals surface area contributed by atoms with Gasteiger partial charge in [-0.05, 0) is 36.4 Å². The maximum atomic E-state index is 10.9. The van der Waals surface area contributed by atoms with Crippen molar-refractivity contribution in [3.8, 4) is 5.69 Å². The van der Waals surface area contributed by atoms with Crippen LogP contribution >= 0.6 is 0 Å². The lowest BCUT2D eigenvalue weighted by Crippen LogP contribution is -2.01. The van der Waals surface area contributed by atoms with E-state index in [1.807, 2.05) is 22.9 Å². The average molecular weight is 281 g/mol. The summed E-state index contributed by atoms with van der Waals surface area (Å²) in [5.74, 6) is -0.941. The summed E-state index contributed by atoms with van der Waals surface area (Å²) in [5, 5.41) is 20.4. The van der Waals surface area contributed by atoms with Gasteiger partial charge in [0.2, 0.25) is 0 Å². The number of carboxylic acids is 1. The molecule has 3 aromatic rings. The summed E-state index contributed by atoms with van der Waals surface area (Å²) >= 11 is 0. The summed E-state index contributed by atoms with van der Waals surface area (Å²) in [6, 6.07) is 10.4. The molecule has 7 nitrogen and oxygen atoms in total. The number of benzene rings is 1. The van der Waals surface area contributed by atoms with Gasteiger partial charge in [-0.15, -0.1) is 10.2 Å². The highest BCUT2D eigenvalue weighted by molar-refractivity contribution is 5.87. The van der Waals surface area contributed by atoms with E-state index in [0.29, 0.717) is 0 Å². The number of carboxylic acid groups (broad SMARTS) is 1. The predicted octanol–water partition coefficient (Wildman–Crippen LogP) is 1.65. The second kappa shape index (κ2) is 5.41. The molecule has 104 valence electrons. The molecule has 1 aromatic carbocycles. The lowest BCUT2D eigenvalue weighted by atomic mass is 10.2. The summed E-state index contributed by atoms with van der Waals surface area (Å²) in [4.78, 5) is 10.9. The molecule has 0 radical (unpaired) electrons. The summed E-state index contributed by atoms with van der Waals surface area (Å²) in [6.07, 6.45) is 6.54. The standard InChI is InChI=1S/C14H11N5O2/c20-14(21)11-3-5-12(6-4-11)19-7-1-2-13(19)8-17-18-9-15-16-10-18/h1-10H,(H,20,21)/b17-8+. The molecule has 3 rings (SSSR count). The predicted molar refractivity (Wildman–Crippen MR) is 75.7 cm³/mol. The van der Waals surface area contributed by atoms with Crippen LogP contribution in [0.3, 0.4) is 0 Å². The number of aromatic carboxylic acids is 1. The summed E-state index contributed by atoms with van der Waals surface area (Å²) < 4.78 is 3.39. The van der Waals surface area contributed by atoms with E-state index in [-0.39, 0.29) is 5.56 Å². The third-order valence-electron chi connectivity index (χ3n) is 2.90. The Bertz CT molecular complexity index is 772. The Balaban J connectivity index is 1.89. The van der Waals surface area contributed by atoms with Crippen molar-refractivity contribution in [2.75, 3.05) is 0 Å². The molecule has 0 aliphatic heterocycles. The molecule has 7 heteroatoms. The largest absolute Gasteiger partial charge is 0.478 e. The van der Waals surface area contributed by atoms with E-state index < -0.39 is 5.97 Å². The third-order valence-corrected chi connectivity index (χ3v) is 2.90. The fourth-order valence-corrected chi connectivity index (χ4v) is 1.88. The van der Waals surface area contributed by atoms with Gasteiger partial charge in [0.25, 0.3) is 0 Å². The Morgan fingerprint density at radius 2 is 1.86 bits per heavy atom. The smallest absolute Gasteiger partial charge is 0.335 e. The van der Waals surface area contributed by atoms with Crippen molar-refractivity contribution in [3.63, 3.8) is 0 Å². The van der Waals surface area contributed by atoms with Crippen LogP contribution in [0.25, 0.3) is 5.69 Å². The topological polar surface area (TPSA) is 85.3 Å². The van der Waals surface area contributed by atoms with E-state index in [0.717, 1.165) is 11.4 Å². The number of carbonyl (C=O) groups is 1. The zero-order valence-corrected chi connectivity index (χ0v) is 10.9. The minimum Gasteiger partial charge on any atom is -0.478 e. The molecule has 2 heterocycles. The fraction of sp³-hybridized carbons (Fsp3) is 0. The second-order valence-corrected chi connectivity index (χ2v) is 4.24. The number of hydrogen-bond donors (Lipinski definition) is 1. The Kier molecular flexibility index (Phi) is 3.30. The number of hydrogen-bond acceptors (Lipinski definition) is 4. The van der Waals surface area contributed by atoms with Gasteiger partial charge in [0.15, 0.2) is 0 Å². The quantitative estimate of drug-likeness (QED) is 0.737. The van der Waals surface area contributed by atoms with Crippen LogP contribution < -0.4 is 0 Å². The first-order valence-corrected chi connectivity index (χ1v) is 6.14. The van der Waals surface area contributed by atoms with E-state index in [2.05, 4.69) is 15.3 Å². The van der Waals surface area contributed by atoms with Gasteiger partial charge in [0, 0.05) is 11.9 Å². The van der Waals surface area contributed by atoms with Crippen LogP contribution in [-0.2, 0) is 0 Å². The average Bonchev–Trinajstić information content (AvgIpc) is 3.16. The molecule has 0 aliphatic rings. The molecule has 0 atom stereocenters. The van der Waals surface area contributed by atoms with Gasteiger partial charge in [0.1, 0.15) is 12.7 Å². The second-order valence-electron chi connectivity index (χ2n) is 4.24. The first kappa shape index (κ1) is 12.8. The fourth-order valence-electron chi connectivity index (χ4n) is 1.88. The molecule has 1 N–H and O–H groups in total. The number of rotatable bonds is 4. The van der Waals surface area contributed by atoms with Gasteiger partial charge >= 0.3 is 5.97 Å². The van der Waals surface area contributed by atoms with Crippen molar-refractivity contribution in [1.82, 2.24) is 19.4 Å². The molecule has 0 spiro atoms. The monoisotopic (exact) mass is 281 g/mol. The number of nitrogens with zero attached hydrogens (tertiary/aromatic N) is 5. The molecule has 0 saturated heterocycles. The molecule has 0 amide bonds. The van der Waals surface area contributed by atoms with Crippen molar-refractivity contribution in [1.29, 1.82) is 0 Å².